The van der Waals surface area contributed by atoms with E-state index < -0.39 is 0 Å². The molecule has 0 spiro atoms. The maximum atomic E-state index is 5.66. The maximum absolute atomic E-state index is 5.66. The molecule has 0 aliphatic carbocycles. The third-order valence-electron chi connectivity index (χ3n) is 4.83. The average molecular weight is 346 g/mol. The van der Waals surface area contributed by atoms with E-state index in [1.54, 1.807) is 0 Å². The SMILES string of the molecule is CCOc1cccc(C(C)c2ccc3c(c2)Cc2ccccc2S3)c1. The van der Waals surface area contributed by atoms with Crippen molar-refractivity contribution in [3.05, 3.63) is 89.0 Å². The second-order valence-corrected chi connectivity index (χ2v) is 7.56. The largest absolute Gasteiger partial charge is 0.494 e. The van der Waals surface area contributed by atoms with Crippen molar-refractivity contribution in [2.24, 2.45) is 0 Å². The molecule has 0 N–H and O–H groups in total. The zero-order chi connectivity index (χ0) is 17.2. The smallest absolute Gasteiger partial charge is 0.119 e. The fourth-order valence-corrected chi connectivity index (χ4v) is 4.47. The number of hydrogen-bond acceptors (Lipinski definition) is 2. The number of rotatable bonds is 4. The van der Waals surface area contributed by atoms with E-state index in [2.05, 4.69) is 67.6 Å². The van der Waals surface area contributed by atoms with Crippen LogP contribution in [0, 0.1) is 0 Å². The van der Waals surface area contributed by atoms with E-state index in [1.165, 1.54) is 32.0 Å². The van der Waals surface area contributed by atoms with Crippen LogP contribution in [-0.2, 0) is 6.42 Å². The molecule has 0 radical (unpaired) electrons. The van der Waals surface area contributed by atoms with Gasteiger partial charge in [0.2, 0.25) is 0 Å². The van der Waals surface area contributed by atoms with E-state index in [0.29, 0.717) is 12.5 Å². The Morgan fingerprint density at radius 3 is 2.56 bits per heavy atom. The van der Waals surface area contributed by atoms with Crippen molar-refractivity contribution in [1.82, 2.24) is 0 Å². The molecule has 0 amide bonds. The lowest BCUT2D eigenvalue weighted by atomic mass is 9.91. The second-order valence-electron chi connectivity index (χ2n) is 6.48. The molecule has 25 heavy (non-hydrogen) atoms. The molecule has 126 valence electrons. The molecule has 1 atom stereocenters. The molecule has 1 unspecified atom stereocenters. The molecule has 0 fully saturated rings. The molecular weight excluding hydrogens is 324 g/mol. The minimum Gasteiger partial charge on any atom is -0.494 e. The van der Waals surface area contributed by atoms with Crippen LogP contribution in [0.4, 0.5) is 0 Å². The number of fused-ring (bicyclic) bond motifs is 2. The molecule has 3 aromatic rings. The maximum Gasteiger partial charge on any atom is 0.119 e. The van der Waals surface area contributed by atoms with Crippen molar-refractivity contribution in [1.29, 1.82) is 0 Å². The van der Waals surface area contributed by atoms with Gasteiger partial charge in [0.1, 0.15) is 5.75 Å². The Kier molecular flexibility index (Phi) is 4.54. The number of hydrogen-bond donors (Lipinski definition) is 0. The van der Waals surface area contributed by atoms with Crippen LogP contribution in [0.5, 0.6) is 5.75 Å². The molecule has 1 aliphatic rings. The summed E-state index contributed by atoms with van der Waals surface area (Å²) in [6.45, 7) is 5.00. The van der Waals surface area contributed by atoms with Gasteiger partial charge in [-0.1, -0.05) is 61.2 Å². The predicted octanol–water partition coefficient (Wildman–Crippen LogP) is 6.29. The summed E-state index contributed by atoms with van der Waals surface area (Å²) in [4.78, 5) is 2.78. The van der Waals surface area contributed by atoms with Gasteiger partial charge in [-0.15, -0.1) is 0 Å². The van der Waals surface area contributed by atoms with Crippen molar-refractivity contribution in [3.8, 4) is 5.75 Å². The summed E-state index contributed by atoms with van der Waals surface area (Å²) in [5.74, 6) is 1.31. The fourth-order valence-electron chi connectivity index (χ4n) is 3.41. The normalized spacial score (nSPS) is 13.7. The van der Waals surface area contributed by atoms with E-state index in [4.69, 9.17) is 4.74 Å². The lowest BCUT2D eigenvalue weighted by Crippen LogP contribution is -2.03. The van der Waals surface area contributed by atoms with Crippen LogP contribution in [-0.4, -0.2) is 6.61 Å². The molecule has 0 saturated carbocycles. The van der Waals surface area contributed by atoms with Crippen LogP contribution in [0.3, 0.4) is 0 Å². The lowest BCUT2D eigenvalue weighted by molar-refractivity contribution is 0.340. The first-order valence-corrected chi connectivity index (χ1v) is 9.67. The number of benzene rings is 3. The van der Waals surface area contributed by atoms with Crippen LogP contribution in [0.25, 0.3) is 0 Å². The van der Waals surface area contributed by atoms with Gasteiger partial charge in [0.25, 0.3) is 0 Å². The third-order valence-corrected chi connectivity index (χ3v) is 6.06. The zero-order valence-electron chi connectivity index (χ0n) is 14.7. The molecular formula is C23H22OS. The first-order chi connectivity index (χ1) is 12.2. The van der Waals surface area contributed by atoms with Gasteiger partial charge in [0.05, 0.1) is 6.61 Å². The monoisotopic (exact) mass is 346 g/mol. The molecule has 0 saturated heterocycles. The Hall–Kier alpha value is -2.19. The van der Waals surface area contributed by atoms with E-state index in [-0.39, 0.29) is 0 Å². The van der Waals surface area contributed by atoms with Crippen LogP contribution < -0.4 is 4.74 Å². The first-order valence-electron chi connectivity index (χ1n) is 8.86. The highest BCUT2D eigenvalue weighted by Crippen LogP contribution is 2.40. The van der Waals surface area contributed by atoms with Crippen LogP contribution in [0.2, 0.25) is 0 Å². The van der Waals surface area contributed by atoms with E-state index in [0.717, 1.165) is 12.2 Å². The molecule has 0 aromatic heterocycles. The van der Waals surface area contributed by atoms with E-state index in [1.807, 2.05) is 24.8 Å². The summed E-state index contributed by atoms with van der Waals surface area (Å²) in [5, 5.41) is 0. The minimum atomic E-state index is 0.355. The summed E-state index contributed by atoms with van der Waals surface area (Å²) < 4.78 is 5.66. The molecule has 1 nitrogen and oxygen atoms in total. The second kappa shape index (κ2) is 6.97. The molecule has 2 heteroatoms. The van der Waals surface area contributed by atoms with E-state index >= 15 is 0 Å². The van der Waals surface area contributed by atoms with Crippen molar-refractivity contribution in [2.45, 2.75) is 36.0 Å². The Bertz CT molecular complexity index is 900. The molecule has 4 rings (SSSR count). The molecule has 3 aromatic carbocycles. The highest BCUT2D eigenvalue weighted by Gasteiger charge is 2.18. The lowest BCUT2D eigenvalue weighted by Gasteiger charge is -2.21. The van der Waals surface area contributed by atoms with Gasteiger partial charge in [-0.2, -0.15) is 0 Å². The first kappa shape index (κ1) is 16.3. The Morgan fingerprint density at radius 2 is 1.68 bits per heavy atom. The highest BCUT2D eigenvalue weighted by molar-refractivity contribution is 7.99. The Morgan fingerprint density at radius 1 is 0.880 bits per heavy atom. The van der Waals surface area contributed by atoms with Gasteiger partial charge in [-0.3, -0.25) is 0 Å². The van der Waals surface area contributed by atoms with E-state index in [9.17, 15) is 0 Å². The average Bonchev–Trinajstić information content (AvgIpc) is 2.66. The third kappa shape index (κ3) is 3.32. The predicted molar refractivity (Wildman–Crippen MR) is 105 cm³/mol. The van der Waals surface area contributed by atoms with Gasteiger partial charge in [0, 0.05) is 15.7 Å². The van der Waals surface area contributed by atoms with Crippen LogP contribution in [0.1, 0.15) is 42.0 Å². The van der Waals surface area contributed by atoms with Gasteiger partial charge < -0.3 is 4.74 Å². The van der Waals surface area contributed by atoms with Crippen molar-refractivity contribution < 1.29 is 4.74 Å². The fraction of sp³-hybridized carbons (Fsp3) is 0.217. The topological polar surface area (TPSA) is 9.23 Å². The van der Waals surface area contributed by atoms with Crippen molar-refractivity contribution in [2.75, 3.05) is 6.61 Å². The van der Waals surface area contributed by atoms with Crippen molar-refractivity contribution in [3.63, 3.8) is 0 Å². The van der Waals surface area contributed by atoms with Gasteiger partial charge in [0.15, 0.2) is 0 Å². The summed E-state index contributed by atoms with van der Waals surface area (Å²) in [7, 11) is 0. The van der Waals surface area contributed by atoms with Gasteiger partial charge >= 0.3 is 0 Å². The standard InChI is InChI=1S/C23H22OS/c1-3-24-21-9-6-8-17(15-21)16(2)18-11-12-23-20(13-18)14-19-7-4-5-10-22(19)25-23/h4-13,15-16H,3,14H2,1-2H3. The van der Waals surface area contributed by atoms with Crippen LogP contribution in [0.15, 0.2) is 76.5 Å². The molecule has 0 bridgehead atoms. The minimum absolute atomic E-state index is 0.355. The summed E-state index contributed by atoms with van der Waals surface area (Å²) in [5.41, 5.74) is 5.54. The Balaban J connectivity index is 1.63. The highest BCUT2D eigenvalue weighted by atomic mass is 32.2. The van der Waals surface area contributed by atoms with Crippen molar-refractivity contribution >= 4 is 11.8 Å². The number of ether oxygens (including phenoxy) is 1. The summed E-state index contributed by atoms with van der Waals surface area (Å²) >= 11 is 1.89. The molecule has 1 heterocycles. The van der Waals surface area contributed by atoms with Gasteiger partial charge in [-0.25, -0.2) is 0 Å². The molecule has 1 aliphatic heterocycles. The summed E-state index contributed by atoms with van der Waals surface area (Å²) in [6, 6.07) is 24.1. The summed E-state index contributed by atoms with van der Waals surface area (Å²) in [6.07, 6.45) is 1.03. The Labute approximate surface area is 154 Å². The quantitative estimate of drug-likeness (QED) is 0.429. The zero-order valence-corrected chi connectivity index (χ0v) is 15.5. The van der Waals surface area contributed by atoms with Crippen LogP contribution >= 0.6 is 11.8 Å². The van der Waals surface area contributed by atoms with Gasteiger partial charge in [-0.05, 0) is 59.9 Å².